The molecule has 2 heterocycles. The first-order chi connectivity index (χ1) is 16.2. The number of carbonyl (C=O) groups excluding carboxylic acids is 1. The molecule has 0 saturated carbocycles. The van der Waals surface area contributed by atoms with Crippen molar-refractivity contribution in [1.29, 1.82) is 0 Å². The number of aromatic nitrogens is 3. The summed E-state index contributed by atoms with van der Waals surface area (Å²) >= 11 is 1.62. The lowest BCUT2D eigenvalue weighted by molar-refractivity contribution is -0.113. The van der Waals surface area contributed by atoms with Gasteiger partial charge in [-0.3, -0.25) is 4.79 Å². The topological polar surface area (TPSA) is 71.8 Å². The Kier molecular flexibility index (Phi) is 7.12. The molecule has 0 saturated heterocycles. The average molecular weight is 476 g/mol. The van der Waals surface area contributed by atoms with Crippen LogP contribution in [0, 0.1) is 26.7 Å². The standard InChI is InChI=1S/C27H33N5OS/c1-16(2)13-23-24(25(33)29-22-12-11-17(3)14-19(22)5)20(6)28-26-30-27(31-32(23)26)34-15-21-10-8-7-9-18(21)4/h7-12,14,16,23H,13,15H2,1-6H3,(H,29,33)(H,28,30,31)/t23-/m1/s1. The van der Waals surface area contributed by atoms with Crippen LogP contribution in [0.3, 0.4) is 0 Å². The second-order valence-corrected chi connectivity index (χ2v) is 10.4. The molecule has 1 aromatic heterocycles. The summed E-state index contributed by atoms with van der Waals surface area (Å²) in [5, 5.41) is 12.0. The first-order valence-corrected chi connectivity index (χ1v) is 12.7. The highest BCUT2D eigenvalue weighted by molar-refractivity contribution is 7.98. The van der Waals surface area contributed by atoms with Crippen LogP contribution in [0.4, 0.5) is 11.6 Å². The number of nitrogens with one attached hydrogen (secondary N) is 2. The number of fused-ring (bicyclic) bond motifs is 1. The smallest absolute Gasteiger partial charge is 0.255 e. The summed E-state index contributed by atoms with van der Waals surface area (Å²) in [6.07, 6.45) is 0.799. The van der Waals surface area contributed by atoms with Gasteiger partial charge in [0.25, 0.3) is 5.91 Å². The van der Waals surface area contributed by atoms with E-state index in [1.165, 1.54) is 16.7 Å². The fraction of sp³-hybridized carbons (Fsp3) is 0.370. The van der Waals surface area contributed by atoms with Crippen molar-refractivity contribution >= 4 is 29.3 Å². The van der Waals surface area contributed by atoms with Crippen LogP contribution in [0.15, 0.2) is 58.9 Å². The zero-order chi connectivity index (χ0) is 24.4. The van der Waals surface area contributed by atoms with Crippen molar-refractivity contribution in [2.45, 2.75) is 64.9 Å². The summed E-state index contributed by atoms with van der Waals surface area (Å²) in [5.41, 5.74) is 7.12. The summed E-state index contributed by atoms with van der Waals surface area (Å²) in [6, 6.07) is 14.3. The highest BCUT2D eigenvalue weighted by Crippen LogP contribution is 2.36. The van der Waals surface area contributed by atoms with Gasteiger partial charge < -0.3 is 10.6 Å². The van der Waals surface area contributed by atoms with Gasteiger partial charge in [0, 0.05) is 17.1 Å². The molecular weight excluding hydrogens is 442 g/mol. The summed E-state index contributed by atoms with van der Waals surface area (Å²) in [6.45, 7) is 12.5. The van der Waals surface area contributed by atoms with Gasteiger partial charge in [0.05, 0.1) is 11.6 Å². The molecule has 2 aromatic carbocycles. The molecule has 1 amide bonds. The third kappa shape index (κ3) is 5.20. The van der Waals surface area contributed by atoms with E-state index in [0.717, 1.165) is 29.1 Å². The van der Waals surface area contributed by atoms with E-state index >= 15 is 0 Å². The third-order valence-corrected chi connectivity index (χ3v) is 7.02. The monoisotopic (exact) mass is 475 g/mol. The number of carbonyl (C=O) groups is 1. The quantitative estimate of drug-likeness (QED) is 0.386. The van der Waals surface area contributed by atoms with E-state index in [4.69, 9.17) is 10.1 Å². The number of rotatable bonds is 7. The van der Waals surface area contributed by atoms with E-state index in [1.807, 2.05) is 30.7 Å². The Labute approximate surface area is 206 Å². The lowest BCUT2D eigenvalue weighted by atomic mass is 9.93. The van der Waals surface area contributed by atoms with E-state index in [0.29, 0.717) is 22.6 Å². The lowest BCUT2D eigenvalue weighted by Gasteiger charge is -2.29. The van der Waals surface area contributed by atoms with Crippen molar-refractivity contribution in [3.8, 4) is 0 Å². The third-order valence-electron chi connectivity index (χ3n) is 6.13. The maximum atomic E-state index is 13.5. The lowest BCUT2D eigenvalue weighted by Crippen LogP contribution is -2.31. The Bertz CT molecular complexity index is 1240. The number of thioether (sulfide) groups is 1. The second-order valence-electron chi connectivity index (χ2n) is 9.46. The number of anilines is 2. The molecule has 1 atom stereocenters. The zero-order valence-electron chi connectivity index (χ0n) is 20.8. The average Bonchev–Trinajstić information content (AvgIpc) is 3.17. The molecule has 0 unspecified atom stereocenters. The summed E-state index contributed by atoms with van der Waals surface area (Å²) < 4.78 is 1.89. The van der Waals surface area contributed by atoms with Crippen molar-refractivity contribution in [1.82, 2.24) is 14.8 Å². The minimum absolute atomic E-state index is 0.0992. The molecule has 3 aromatic rings. The van der Waals surface area contributed by atoms with Crippen LogP contribution in [0.5, 0.6) is 0 Å². The molecule has 0 spiro atoms. The highest BCUT2D eigenvalue weighted by atomic mass is 32.2. The Hall–Kier alpha value is -3.06. The minimum Gasteiger partial charge on any atom is -0.328 e. The van der Waals surface area contributed by atoms with E-state index < -0.39 is 0 Å². The van der Waals surface area contributed by atoms with Gasteiger partial charge in [-0.05, 0) is 62.8 Å². The fourth-order valence-electron chi connectivity index (χ4n) is 4.32. The van der Waals surface area contributed by atoms with E-state index in [1.54, 1.807) is 11.8 Å². The maximum absolute atomic E-state index is 13.5. The van der Waals surface area contributed by atoms with Crippen LogP contribution in [-0.4, -0.2) is 20.7 Å². The van der Waals surface area contributed by atoms with Gasteiger partial charge in [-0.25, -0.2) is 4.68 Å². The molecule has 178 valence electrons. The molecule has 6 nitrogen and oxygen atoms in total. The zero-order valence-corrected chi connectivity index (χ0v) is 21.6. The van der Waals surface area contributed by atoms with Gasteiger partial charge in [-0.2, -0.15) is 4.98 Å². The van der Waals surface area contributed by atoms with E-state index in [9.17, 15) is 4.79 Å². The Morgan fingerprint density at radius 3 is 2.59 bits per heavy atom. The summed E-state index contributed by atoms with van der Waals surface area (Å²) in [5.74, 6) is 1.79. The van der Waals surface area contributed by atoms with Crippen molar-refractivity contribution in [2.75, 3.05) is 10.6 Å². The molecule has 4 rings (SSSR count). The Morgan fingerprint density at radius 1 is 1.12 bits per heavy atom. The van der Waals surface area contributed by atoms with Crippen LogP contribution < -0.4 is 10.6 Å². The number of allylic oxidation sites excluding steroid dienone is 1. The van der Waals surface area contributed by atoms with Crippen LogP contribution in [0.25, 0.3) is 0 Å². The minimum atomic E-state index is -0.178. The Morgan fingerprint density at radius 2 is 1.88 bits per heavy atom. The van der Waals surface area contributed by atoms with E-state index in [-0.39, 0.29) is 11.9 Å². The number of nitrogens with zero attached hydrogens (tertiary/aromatic N) is 3. The molecule has 1 aliphatic heterocycles. The van der Waals surface area contributed by atoms with Gasteiger partial charge >= 0.3 is 0 Å². The first-order valence-electron chi connectivity index (χ1n) is 11.7. The summed E-state index contributed by atoms with van der Waals surface area (Å²) in [7, 11) is 0. The molecule has 0 aliphatic carbocycles. The van der Waals surface area contributed by atoms with E-state index in [2.05, 4.69) is 68.7 Å². The molecule has 0 radical (unpaired) electrons. The molecule has 34 heavy (non-hydrogen) atoms. The predicted octanol–water partition coefficient (Wildman–Crippen LogP) is 6.42. The fourth-order valence-corrected chi connectivity index (χ4v) is 5.22. The largest absolute Gasteiger partial charge is 0.328 e. The maximum Gasteiger partial charge on any atom is 0.255 e. The molecule has 0 bridgehead atoms. The number of amides is 1. The van der Waals surface area contributed by atoms with Crippen LogP contribution in [0.1, 0.15) is 55.5 Å². The number of hydrogen-bond acceptors (Lipinski definition) is 5. The van der Waals surface area contributed by atoms with Gasteiger partial charge in [0.2, 0.25) is 11.1 Å². The van der Waals surface area contributed by atoms with Crippen molar-refractivity contribution < 1.29 is 4.79 Å². The predicted molar refractivity (Wildman–Crippen MR) is 140 cm³/mol. The normalized spacial score (nSPS) is 15.3. The van der Waals surface area contributed by atoms with Crippen molar-refractivity contribution in [2.24, 2.45) is 5.92 Å². The van der Waals surface area contributed by atoms with Crippen molar-refractivity contribution in [3.05, 3.63) is 76.0 Å². The molecule has 7 heteroatoms. The molecule has 1 aliphatic rings. The van der Waals surface area contributed by atoms with Crippen LogP contribution >= 0.6 is 11.8 Å². The van der Waals surface area contributed by atoms with Gasteiger partial charge in [0.1, 0.15) is 0 Å². The van der Waals surface area contributed by atoms with Gasteiger partial charge in [-0.1, -0.05) is 67.6 Å². The Balaban J connectivity index is 1.59. The summed E-state index contributed by atoms with van der Waals surface area (Å²) in [4.78, 5) is 18.2. The van der Waals surface area contributed by atoms with Crippen molar-refractivity contribution in [3.63, 3.8) is 0 Å². The SMILES string of the molecule is CC1=C(C(=O)Nc2ccc(C)cc2C)[C@@H](CC(C)C)n2nc(SCc3ccccc3C)nc2N1. The molecular formula is C27H33N5OS. The molecule has 0 fully saturated rings. The second kappa shape index (κ2) is 10.1. The number of hydrogen-bond donors (Lipinski definition) is 2. The highest BCUT2D eigenvalue weighted by Gasteiger charge is 2.33. The van der Waals surface area contributed by atoms with Gasteiger partial charge in [0.15, 0.2) is 0 Å². The number of benzene rings is 2. The van der Waals surface area contributed by atoms with Crippen LogP contribution in [-0.2, 0) is 10.5 Å². The molecule has 2 N–H and O–H groups in total. The van der Waals surface area contributed by atoms with Gasteiger partial charge in [-0.15, -0.1) is 5.10 Å². The van der Waals surface area contributed by atoms with Crippen LogP contribution in [0.2, 0.25) is 0 Å². The first kappa shape index (κ1) is 24.1. The number of aryl methyl sites for hydroxylation is 3.